The molecule has 0 aliphatic heterocycles. The van der Waals surface area contributed by atoms with Gasteiger partial charge in [-0.1, -0.05) is 37.6 Å². The van der Waals surface area contributed by atoms with Crippen molar-refractivity contribution in [1.82, 2.24) is 5.32 Å². The summed E-state index contributed by atoms with van der Waals surface area (Å²) in [5.41, 5.74) is 2.92. The van der Waals surface area contributed by atoms with Gasteiger partial charge in [-0.15, -0.1) is 0 Å². The van der Waals surface area contributed by atoms with Gasteiger partial charge in [0.25, 0.3) is 0 Å². The van der Waals surface area contributed by atoms with Crippen LogP contribution in [-0.4, -0.2) is 17.8 Å². The van der Waals surface area contributed by atoms with Crippen molar-refractivity contribution < 1.29 is 5.11 Å². The Morgan fingerprint density at radius 1 is 1.35 bits per heavy atom. The molecule has 0 saturated heterocycles. The molecule has 0 aromatic heterocycles. The van der Waals surface area contributed by atoms with E-state index >= 15 is 0 Å². The van der Waals surface area contributed by atoms with E-state index in [0.29, 0.717) is 12.6 Å². The van der Waals surface area contributed by atoms with Gasteiger partial charge in [0.2, 0.25) is 0 Å². The molecule has 2 rings (SSSR count). The summed E-state index contributed by atoms with van der Waals surface area (Å²) < 4.78 is 0. The largest absolute Gasteiger partial charge is 0.392 e. The van der Waals surface area contributed by atoms with Gasteiger partial charge in [-0.3, -0.25) is 0 Å². The Hall–Kier alpha value is -0.860. The highest BCUT2D eigenvalue weighted by Crippen LogP contribution is 2.28. The summed E-state index contributed by atoms with van der Waals surface area (Å²) in [4.78, 5) is 0. The van der Waals surface area contributed by atoms with Gasteiger partial charge in [0.1, 0.15) is 0 Å². The monoisotopic (exact) mass is 233 g/mol. The highest BCUT2D eigenvalue weighted by atomic mass is 16.3. The average molecular weight is 233 g/mol. The molecule has 0 fully saturated rings. The number of rotatable bonds is 4. The molecule has 0 radical (unpaired) electrons. The van der Waals surface area contributed by atoms with E-state index in [1.807, 2.05) is 6.92 Å². The Labute approximate surface area is 104 Å². The zero-order valence-electron chi connectivity index (χ0n) is 10.7. The van der Waals surface area contributed by atoms with E-state index in [1.165, 1.54) is 36.8 Å². The van der Waals surface area contributed by atoms with Gasteiger partial charge in [0, 0.05) is 12.6 Å². The topological polar surface area (TPSA) is 32.3 Å². The number of nitrogens with one attached hydrogen (secondary N) is 1. The van der Waals surface area contributed by atoms with Crippen LogP contribution in [0, 0.1) is 0 Å². The second-order valence-corrected chi connectivity index (χ2v) is 4.97. The molecule has 2 N–H and O–H groups in total. The minimum atomic E-state index is -0.217. The van der Waals surface area contributed by atoms with Crippen LogP contribution in [0.3, 0.4) is 0 Å². The predicted molar refractivity (Wildman–Crippen MR) is 71.0 cm³/mol. The molecular weight excluding hydrogens is 210 g/mol. The first-order valence-corrected chi connectivity index (χ1v) is 6.80. The first-order valence-electron chi connectivity index (χ1n) is 6.80. The predicted octanol–water partition coefficient (Wildman–Crippen LogP) is 2.81. The fourth-order valence-electron chi connectivity index (χ4n) is 2.56. The van der Waals surface area contributed by atoms with Crippen LogP contribution in [0.5, 0.6) is 0 Å². The molecule has 1 aliphatic carbocycles. The standard InChI is InChI=1S/C15H23NO/c1-2-13(17)11-16-15-10-6-4-8-12-7-3-5-9-14(12)15/h3,5,7,9,13,15-17H,2,4,6,8,10-11H2,1H3. The highest BCUT2D eigenvalue weighted by molar-refractivity contribution is 5.31. The van der Waals surface area contributed by atoms with Gasteiger partial charge in [0.05, 0.1) is 6.10 Å². The van der Waals surface area contributed by atoms with E-state index in [-0.39, 0.29) is 6.10 Å². The summed E-state index contributed by atoms with van der Waals surface area (Å²) in [6.45, 7) is 2.73. The van der Waals surface area contributed by atoms with Crippen LogP contribution in [0.25, 0.3) is 0 Å². The lowest BCUT2D eigenvalue weighted by atomic mass is 9.99. The van der Waals surface area contributed by atoms with Gasteiger partial charge < -0.3 is 10.4 Å². The van der Waals surface area contributed by atoms with Crippen molar-refractivity contribution in [2.75, 3.05) is 6.54 Å². The molecule has 0 amide bonds. The Morgan fingerprint density at radius 2 is 2.18 bits per heavy atom. The quantitative estimate of drug-likeness (QED) is 0.784. The zero-order valence-corrected chi connectivity index (χ0v) is 10.7. The Balaban J connectivity index is 2.06. The molecule has 2 nitrogen and oxygen atoms in total. The second-order valence-electron chi connectivity index (χ2n) is 4.97. The van der Waals surface area contributed by atoms with E-state index < -0.39 is 0 Å². The van der Waals surface area contributed by atoms with E-state index in [0.717, 1.165) is 6.42 Å². The molecular formula is C15H23NO. The van der Waals surface area contributed by atoms with Crippen LogP contribution in [0.15, 0.2) is 24.3 Å². The number of benzene rings is 1. The summed E-state index contributed by atoms with van der Waals surface area (Å²) in [5, 5.41) is 13.2. The highest BCUT2D eigenvalue weighted by Gasteiger charge is 2.18. The number of aliphatic hydroxyl groups is 1. The van der Waals surface area contributed by atoms with Crippen LogP contribution < -0.4 is 5.32 Å². The summed E-state index contributed by atoms with van der Waals surface area (Å²) in [7, 11) is 0. The third kappa shape index (κ3) is 3.30. The van der Waals surface area contributed by atoms with Crippen LogP contribution in [0.2, 0.25) is 0 Å². The third-order valence-corrected chi connectivity index (χ3v) is 3.69. The van der Waals surface area contributed by atoms with Crippen molar-refractivity contribution in [2.24, 2.45) is 0 Å². The first-order chi connectivity index (χ1) is 8.31. The average Bonchev–Trinajstić information content (AvgIpc) is 2.58. The maximum absolute atomic E-state index is 9.64. The minimum absolute atomic E-state index is 0.217. The van der Waals surface area contributed by atoms with E-state index in [1.54, 1.807) is 0 Å². The molecule has 17 heavy (non-hydrogen) atoms. The third-order valence-electron chi connectivity index (χ3n) is 3.69. The lowest BCUT2D eigenvalue weighted by molar-refractivity contribution is 0.162. The Kier molecular flexibility index (Phi) is 4.57. The van der Waals surface area contributed by atoms with Crippen LogP contribution >= 0.6 is 0 Å². The van der Waals surface area contributed by atoms with Gasteiger partial charge in [-0.2, -0.15) is 0 Å². The van der Waals surface area contributed by atoms with Crippen LogP contribution in [0.4, 0.5) is 0 Å². The van der Waals surface area contributed by atoms with Gasteiger partial charge in [-0.25, -0.2) is 0 Å². The fourth-order valence-corrected chi connectivity index (χ4v) is 2.56. The van der Waals surface area contributed by atoms with Gasteiger partial charge >= 0.3 is 0 Å². The van der Waals surface area contributed by atoms with E-state index in [4.69, 9.17) is 0 Å². The molecule has 2 unspecified atom stereocenters. The maximum atomic E-state index is 9.64. The molecule has 0 bridgehead atoms. The molecule has 0 saturated carbocycles. The van der Waals surface area contributed by atoms with E-state index in [2.05, 4.69) is 29.6 Å². The SMILES string of the molecule is CCC(O)CNC1CCCCc2ccccc21. The number of hydrogen-bond donors (Lipinski definition) is 2. The lowest BCUT2D eigenvalue weighted by Crippen LogP contribution is -2.30. The normalized spacial score (nSPS) is 21.6. The molecule has 94 valence electrons. The summed E-state index contributed by atoms with van der Waals surface area (Å²) in [6.07, 6.45) is 5.55. The molecule has 0 spiro atoms. The van der Waals surface area contributed by atoms with E-state index in [9.17, 15) is 5.11 Å². The molecule has 1 aliphatic rings. The minimum Gasteiger partial charge on any atom is -0.392 e. The number of aliphatic hydroxyl groups excluding tert-OH is 1. The molecule has 1 aromatic carbocycles. The zero-order chi connectivity index (χ0) is 12.1. The van der Waals surface area contributed by atoms with Crippen LogP contribution in [-0.2, 0) is 6.42 Å². The summed E-state index contributed by atoms with van der Waals surface area (Å²) in [6, 6.07) is 9.15. The maximum Gasteiger partial charge on any atom is 0.0662 e. The Morgan fingerprint density at radius 3 is 3.00 bits per heavy atom. The molecule has 1 aromatic rings. The van der Waals surface area contributed by atoms with Crippen molar-refractivity contribution in [3.63, 3.8) is 0 Å². The lowest BCUT2D eigenvalue weighted by Gasteiger charge is -2.21. The number of aryl methyl sites for hydroxylation is 1. The van der Waals surface area contributed by atoms with Crippen molar-refractivity contribution in [2.45, 2.75) is 51.2 Å². The molecule has 0 heterocycles. The van der Waals surface area contributed by atoms with Crippen molar-refractivity contribution in [3.05, 3.63) is 35.4 Å². The molecule has 2 heteroatoms. The van der Waals surface area contributed by atoms with Crippen molar-refractivity contribution >= 4 is 0 Å². The van der Waals surface area contributed by atoms with Gasteiger partial charge in [0.15, 0.2) is 0 Å². The summed E-state index contributed by atoms with van der Waals surface area (Å²) >= 11 is 0. The van der Waals surface area contributed by atoms with Crippen molar-refractivity contribution in [3.8, 4) is 0 Å². The smallest absolute Gasteiger partial charge is 0.0662 e. The number of hydrogen-bond acceptors (Lipinski definition) is 2. The van der Waals surface area contributed by atoms with Crippen LogP contribution in [0.1, 0.15) is 49.8 Å². The summed E-state index contributed by atoms with van der Waals surface area (Å²) in [5.74, 6) is 0. The van der Waals surface area contributed by atoms with Crippen molar-refractivity contribution in [1.29, 1.82) is 0 Å². The second kappa shape index (κ2) is 6.18. The molecule has 2 atom stereocenters. The first kappa shape index (κ1) is 12.6. The number of fused-ring (bicyclic) bond motifs is 1. The Bertz CT molecular complexity index is 351. The fraction of sp³-hybridized carbons (Fsp3) is 0.600. The van der Waals surface area contributed by atoms with Gasteiger partial charge in [-0.05, 0) is 36.8 Å².